The highest BCUT2D eigenvalue weighted by atomic mass is 32.2. The van der Waals surface area contributed by atoms with Crippen LogP contribution in [0.3, 0.4) is 0 Å². The standard InChI is InChI=1S/C21H20N6OS2/c1-25-6-8-26(9-7-25)15-2-4-16(5-3-15)27-13-23-17-12-22-14(10-18(17)27)11-19-20(28)24-21(29)30-19/h2-5,10-13H,6-9H2,1H3,(H,24,28,29)/b19-11-. The van der Waals surface area contributed by atoms with Crippen molar-refractivity contribution in [3.63, 3.8) is 0 Å². The Morgan fingerprint density at radius 1 is 1.10 bits per heavy atom. The molecule has 0 spiro atoms. The van der Waals surface area contributed by atoms with Crippen LogP contribution in [0.2, 0.25) is 0 Å². The quantitative estimate of drug-likeness (QED) is 0.500. The number of anilines is 1. The topological polar surface area (TPSA) is 66.3 Å². The molecule has 2 aromatic heterocycles. The molecule has 5 rings (SSSR count). The zero-order valence-corrected chi connectivity index (χ0v) is 18.0. The van der Waals surface area contributed by atoms with Crippen LogP contribution < -0.4 is 10.2 Å². The summed E-state index contributed by atoms with van der Waals surface area (Å²) in [5, 5.41) is 2.63. The molecule has 152 valence electrons. The first-order valence-corrected chi connectivity index (χ1v) is 10.9. The number of pyridine rings is 1. The fourth-order valence-corrected chi connectivity index (χ4v) is 4.69. The number of thiocarbonyl (C=S) groups is 1. The molecule has 0 atom stereocenters. The molecule has 0 saturated carbocycles. The number of imidazole rings is 1. The Bertz CT molecular complexity index is 1160. The van der Waals surface area contributed by atoms with Gasteiger partial charge in [-0.15, -0.1) is 0 Å². The monoisotopic (exact) mass is 436 g/mol. The molecular formula is C21H20N6OS2. The van der Waals surface area contributed by atoms with Crippen molar-refractivity contribution in [3.05, 3.63) is 53.5 Å². The van der Waals surface area contributed by atoms with E-state index in [0.29, 0.717) is 14.9 Å². The number of amides is 1. The molecule has 7 nitrogen and oxygen atoms in total. The zero-order valence-electron chi connectivity index (χ0n) is 16.4. The van der Waals surface area contributed by atoms with Gasteiger partial charge in [-0.2, -0.15) is 0 Å². The molecule has 1 N–H and O–H groups in total. The Balaban J connectivity index is 1.44. The number of piperazine rings is 1. The summed E-state index contributed by atoms with van der Waals surface area (Å²) in [6.07, 6.45) is 5.29. The van der Waals surface area contributed by atoms with Crippen molar-refractivity contribution in [1.82, 2.24) is 24.8 Å². The second-order valence-electron chi connectivity index (χ2n) is 7.37. The van der Waals surface area contributed by atoms with Gasteiger partial charge >= 0.3 is 0 Å². The maximum atomic E-state index is 11.9. The summed E-state index contributed by atoms with van der Waals surface area (Å²) in [5.41, 5.74) is 4.72. The minimum atomic E-state index is -0.181. The van der Waals surface area contributed by atoms with Crippen molar-refractivity contribution in [3.8, 4) is 5.69 Å². The number of nitrogens with zero attached hydrogens (tertiary/aromatic N) is 5. The largest absolute Gasteiger partial charge is 0.369 e. The Morgan fingerprint density at radius 3 is 2.53 bits per heavy atom. The third-order valence-corrected chi connectivity index (χ3v) is 6.53. The van der Waals surface area contributed by atoms with Crippen LogP contribution in [0.4, 0.5) is 5.69 Å². The van der Waals surface area contributed by atoms with E-state index in [0.717, 1.165) is 42.9 Å². The Hall–Kier alpha value is -2.75. The van der Waals surface area contributed by atoms with Crippen LogP contribution in [-0.4, -0.2) is 62.9 Å². The van der Waals surface area contributed by atoms with Gasteiger partial charge in [0.05, 0.1) is 22.3 Å². The van der Waals surface area contributed by atoms with Crippen LogP contribution in [0.1, 0.15) is 5.69 Å². The first-order valence-electron chi connectivity index (χ1n) is 9.69. The number of likely N-dealkylation sites (N-methyl/N-ethyl adjacent to an activating group) is 1. The number of aromatic nitrogens is 3. The summed E-state index contributed by atoms with van der Waals surface area (Å²) in [4.78, 5) is 26.1. The number of rotatable bonds is 3. The van der Waals surface area contributed by atoms with Crippen LogP contribution in [0.5, 0.6) is 0 Å². The van der Waals surface area contributed by atoms with Gasteiger partial charge in [0.25, 0.3) is 5.91 Å². The molecule has 30 heavy (non-hydrogen) atoms. The third-order valence-electron chi connectivity index (χ3n) is 5.37. The van der Waals surface area contributed by atoms with Gasteiger partial charge < -0.3 is 15.1 Å². The Morgan fingerprint density at radius 2 is 1.83 bits per heavy atom. The normalized spacial score (nSPS) is 19.1. The lowest BCUT2D eigenvalue weighted by molar-refractivity contribution is -0.115. The number of carbonyl (C=O) groups is 1. The molecule has 3 aromatic rings. The van der Waals surface area contributed by atoms with Crippen molar-refractivity contribution in [2.75, 3.05) is 38.1 Å². The molecule has 4 heterocycles. The minimum absolute atomic E-state index is 0.181. The van der Waals surface area contributed by atoms with Gasteiger partial charge in [0.2, 0.25) is 0 Å². The van der Waals surface area contributed by atoms with Gasteiger partial charge in [-0.05, 0) is 43.5 Å². The van der Waals surface area contributed by atoms with E-state index in [2.05, 4.69) is 56.4 Å². The molecule has 2 fully saturated rings. The summed E-state index contributed by atoms with van der Waals surface area (Å²) in [6, 6.07) is 10.5. The number of fused-ring (bicyclic) bond motifs is 1. The minimum Gasteiger partial charge on any atom is -0.369 e. The Labute approximate surface area is 183 Å². The lowest BCUT2D eigenvalue weighted by atomic mass is 10.2. The summed E-state index contributed by atoms with van der Waals surface area (Å²) >= 11 is 6.30. The van der Waals surface area contributed by atoms with Crippen LogP contribution >= 0.6 is 24.0 Å². The first-order chi connectivity index (χ1) is 14.6. The molecule has 0 bridgehead atoms. The van der Waals surface area contributed by atoms with Gasteiger partial charge in [0.15, 0.2) is 0 Å². The molecule has 0 radical (unpaired) electrons. The predicted molar refractivity (Wildman–Crippen MR) is 125 cm³/mol. The number of hydrogen-bond acceptors (Lipinski definition) is 7. The predicted octanol–water partition coefficient (Wildman–Crippen LogP) is 2.66. The molecular weight excluding hydrogens is 416 g/mol. The van der Waals surface area contributed by atoms with Gasteiger partial charge in [0, 0.05) is 37.6 Å². The van der Waals surface area contributed by atoms with Gasteiger partial charge in [0.1, 0.15) is 16.2 Å². The maximum absolute atomic E-state index is 11.9. The van der Waals surface area contributed by atoms with E-state index in [-0.39, 0.29) is 5.91 Å². The first kappa shape index (κ1) is 19.2. The van der Waals surface area contributed by atoms with Crippen LogP contribution in [0, 0.1) is 0 Å². The SMILES string of the molecule is CN1CCN(c2ccc(-n3cnc4cnc(/C=C5\SC(=S)NC5=O)cc43)cc2)CC1. The fraction of sp³-hybridized carbons (Fsp3) is 0.238. The smallest absolute Gasteiger partial charge is 0.263 e. The van der Waals surface area contributed by atoms with E-state index in [9.17, 15) is 4.79 Å². The van der Waals surface area contributed by atoms with Gasteiger partial charge in [-0.3, -0.25) is 14.3 Å². The molecule has 1 amide bonds. The van der Waals surface area contributed by atoms with Crippen LogP contribution in [0.25, 0.3) is 22.8 Å². The van der Waals surface area contributed by atoms with Crippen molar-refractivity contribution in [1.29, 1.82) is 0 Å². The third kappa shape index (κ3) is 3.71. The lowest BCUT2D eigenvalue weighted by Crippen LogP contribution is -2.44. The zero-order chi connectivity index (χ0) is 20.7. The summed E-state index contributed by atoms with van der Waals surface area (Å²) in [7, 11) is 2.16. The van der Waals surface area contributed by atoms with E-state index in [4.69, 9.17) is 12.2 Å². The second-order valence-corrected chi connectivity index (χ2v) is 9.09. The maximum Gasteiger partial charge on any atom is 0.263 e. The van der Waals surface area contributed by atoms with Crippen molar-refractivity contribution in [2.45, 2.75) is 0 Å². The highest BCUT2D eigenvalue weighted by Crippen LogP contribution is 2.27. The molecule has 1 aromatic carbocycles. The number of thioether (sulfide) groups is 1. The molecule has 9 heteroatoms. The second kappa shape index (κ2) is 7.82. The number of benzene rings is 1. The van der Waals surface area contributed by atoms with Gasteiger partial charge in [-0.25, -0.2) is 4.98 Å². The number of nitrogens with one attached hydrogen (secondary N) is 1. The van der Waals surface area contributed by atoms with E-state index in [1.54, 1.807) is 18.6 Å². The fourth-order valence-electron chi connectivity index (χ4n) is 3.66. The van der Waals surface area contributed by atoms with E-state index < -0.39 is 0 Å². The Kier molecular flexibility index (Phi) is 5.01. The average molecular weight is 437 g/mol. The van der Waals surface area contributed by atoms with Crippen molar-refractivity contribution in [2.24, 2.45) is 0 Å². The molecule has 2 aliphatic rings. The van der Waals surface area contributed by atoms with E-state index >= 15 is 0 Å². The highest BCUT2D eigenvalue weighted by molar-refractivity contribution is 8.26. The van der Waals surface area contributed by atoms with E-state index in [1.807, 2.05) is 10.6 Å². The molecule has 0 aliphatic carbocycles. The average Bonchev–Trinajstić information content (AvgIpc) is 3.31. The number of hydrogen-bond donors (Lipinski definition) is 1. The summed E-state index contributed by atoms with van der Waals surface area (Å²) in [5.74, 6) is -0.181. The lowest BCUT2D eigenvalue weighted by Gasteiger charge is -2.34. The van der Waals surface area contributed by atoms with E-state index in [1.165, 1.54) is 17.4 Å². The molecule has 2 saturated heterocycles. The summed E-state index contributed by atoms with van der Waals surface area (Å²) in [6.45, 7) is 4.26. The molecule has 0 unspecified atom stereocenters. The van der Waals surface area contributed by atoms with Crippen LogP contribution in [-0.2, 0) is 4.79 Å². The highest BCUT2D eigenvalue weighted by Gasteiger charge is 2.22. The summed E-state index contributed by atoms with van der Waals surface area (Å²) < 4.78 is 2.51. The van der Waals surface area contributed by atoms with Crippen molar-refractivity contribution < 1.29 is 4.79 Å². The molecule has 2 aliphatic heterocycles. The van der Waals surface area contributed by atoms with Crippen molar-refractivity contribution >= 4 is 57.0 Å². The van der Waals surface area contributed by atoms with Crippen LogP contribution in [0.15, 0.2) is 47.8 Å². The van der Waals surface area contributed by atoms with Gasteiger partial charge in [-0.1, -0.05) is 24.0 Å². The number of carbonyl (C=O) groups excluding carboxylic acids is 1.